The Morgan fingerprint density at radius 1 is 1.19 bits per heavy atom. The average Bonchev–Trinajstić information content (AvgIpc) is 2.40. The molecule has 5 heteroatoms. The monoisotopic (exact) mass is 307 g/mol. The van der Waals surface area contributed by atoms with E-state index in [1.54, 1.807) is 0 Å². The van der Waals surface area contributed by atoms with Crippen molar-refractivity contribution in [3.8, 4) is 0 Å². The summed E-state index contributed by atoms with van der Waals surface area (Å²) in [5, 5.41) is 6.06. The lowest BCUT2D eigenvalue weighted by atomic mass is 10.1. The van der Waals surface area contributed by atoms with E-state index in [1.165, 1.54) is 5.69 Å². The molecule has 21 heavy (non-hydrogen) atoms. The smallest absolute Gasteiger partial charge is 0.226 e. The van der Waals surface area contributed by atoms with Crippen LogP contribution in [0.3, 0.4) is 0 Å². The highest BCUT2D eigenvalue weighted by molar-refractivity contribution is 7.80. The Labute approximate surface area is 132 Å². The van der Waals surface area contributed by atoms with Crippen LogP contribution in [0.25, 0.3) is 0 Å². The summed E-state index contributed by atoms with van der Waals surface area (Å²) >= 11 is 5.14. The van der Waals surface area contributed by atoms with Crippen LogP contribution in [0.15, 0.2) is 24.3 Å². The first-order valence-electron chi connectivity index (χ1n) is 7.42. The summed E-state index contributed by atoms with van der Waals surface area (Å²) in [5.74, 6) is 0.267. The third kappa shape index (κ3) is 6.12. The Kier molecular flexibility index (Phi) is 7.15. The number of carbonyl (C=O) groups excluding carboxylic acids is 1. The highest BCUT2D eigenvalue weighted by Crippen LogP contribution is 2.17. The van der Waals surface area contributed by atoms with E-state index in [-0.39, 0.29) is 5.91 Å². The second kappa shape index (κ2) is 8.62. The van der Waals surface area contributed by atoms with Crippen molar-refractivity contribution in [3.05, 3.63) is 24.3 Å². The maximum absolute atomic E-state index is 11.6. The van der Waals surface area contributed by atoms with Gasteiger partial charge < -0.3 is 15.5 Å². The molecule has 0 spiro atoms. The topological polar surface area (TPSA) is 44.4 Å². The molecule has 0 aliphatic heterocycles. The number of amides is 1. The number of nitrogens with zero attached hydrogens (tertiary/aromatic N) is 1. The summed E-state index contributed by atoms with van der Waals surface area (Å²) < 4.78 is 0. The minimum absolute atomic E-state index is 0.0535. The predicted octanol–water partition coefficient (Wildman–Crippen LogP) is 3.39. The summed E-state index contributed by atoms with van der Waals surface area (Å²) in [4.78, 5) is 13.9. The van der Waals surface area contributed by atoms with Crippen LogP contribution in [0, 0.1) is 5.92 Å². The Morgan fingerprint density at radius 3 is 2.24 bits per heavy atom. The summed E-state index contributed by atoms with van der Waals surface area (Å²) in [6.07, 6.45) is 0.475. The fourth-order valence-corrected chi connectivity index (χ4v) is 2.29. The molecule has 4 nitrogen and oxygen atoms in total. The van der Waals surface area contributed by atoms with Gasteiger partial charge in [-0.1, -0.05) is 13.8 Å². The Morgan fingerprint density at radius 2 is 1.76 bits per heavy atom. The molecular formula is C16H25N3OS. The van der Waals surface area contributed by atoms with Crippen molar-refractivity contribution in [1.82, 2.24) is 5.32 Å². The zero-order chi connectivity index (χ0) is 15.8. The molecule has 1 aromatic carbocycles. The Balaban J connectivity index is 2.55. The van der Waals surface area contributed by atoms with Gasteiger partial charge in [-0.3, -0.25) is 4.79 Å². The van der Waals surface area contributed by atoms with E-state index < -0.39 is 0 Å². The van der Waals surface area contributed by atoms with Gasteiger partial charge in [0.25, 0.3) is 0 Å². The molecule has 1 amide bonds. The number of rotatable bonds is 6. The fourth-order valence-electron chi connectivity index (χ4n) is 2.06. The standard InChI is InChI=1S/C16H25N3OS/c1-5-19(6-2)14-9-7-13(8-10-14)17-16(21)18-15(20)11-12(3)4/h7-10,12H,5-6,11H2,1-4H3,(H2,17,18,20,21). The predicted molar refractivity (Wildman–Crippen MR) is 93.8 cm³/mol. The van der Waals surface area contributed by atoms with E-state index >= 15 is 0 Å². The van der Waals surface area contributed by atoms with E-state index in [0.29, 0.717) is 17.5 Å². The van der Waals surface area contributed by atoms with Crippen LogP contribution >= 0.6 is 12.2 Å². The van der Waals surface area contributed by atoms with Gasteiger partial charge in [0, 0.05) is 30.9 Å². The van der Waals surface area contributed by atoms with Gasteiger partial charge >= 0.3 is 0 Å². The molecule has 0 saturated carbocycles. The second-order valence-corrected chi connectivity index (χ2v) is 5.73. The van der Waals surface area contributed by atoms with E-state index in [4.69, 9.17) is 12.2 Å². The molecule has 0 atom stereocenters. The van der Waals surface area contributed by atoms with Crippen molar-refractivity contribution in [1.29, 1.82) is 0 Å². The Bertz CT molecular complexity index is 467. The van der Waals surface area contributed by atoms with Gasteiger partial charge in [-0.05, 0) is 56.2 Å². The van der Waals surface area contributed by atoms with Crippen LogP contribution in [0.5, 0.6) is 0 Å². The van der Waals surface area contributed by atoms with Gasteiger partial charge in [0.05, 0.1) is 0 Å². The summed E-state index contributed by atoms with van der Waals surface area (Å²) in [7, 11) is 0. The van der Waals surface area contributed by atoms with E-state index in [2.05, 4.69) is 29.4 Å². The van der Waals surface area contributed by atoms with Crippen LogP contribution in [0.2, 0.25) is 0 Å². The molecule has 0 unspecified atom stereocenters. The third-order valence-corrected chi connectivity index (χ3v) is 3.30. The van der Waals surface area contributed by atoms with Crippen LogP contribution in [-0.4, -0.2) is 24.1 Å². The van der Waals surface area contributed by atoms with Gasteiger partial charge in [0.1, 0.15) is 0 Å². The van der Waals surface area contributed by atoms with Crippen molar-refractivity contribution in [2.45, 2.75) is 34.1 Å². The van der Waals surface area contributed by atoms with Crippen molar-refractivity contribution in [3.63, 3.8) is 0 Å². The maximum Gasteiger partial charge on any atom is 0.226 e. The molecule has 0 heterocycles. The maximum atomic E-state index is 11.6. The number of anilines is 2. The summed E-state index contributed by atoms with van der Waals surface area (Å²) in [6.45, 7) is 10.2. The highest BCUT2D eigenvalue weighted by Gasteiger charge is 2.07. The number of hydrogen-bond acceptors (Lipinski definition) is 3. The number of nitrogens with one attached hydrogen (secondary N) is 2. The first kappa shape index (κ1) is 17.4. The lowest BCUT2D eigenvalue weighted by Crippen LogP contribution is -2.34. The van der Waals surface area contributed by atoms with Gasteiger partial charge in [-0.2, -0.15) is 0 Å². The molecule has 0 aliphatic rings. The molecule has 1 aromatic rings. The highest BCUT2D eigenvalue weighted by atomic mass is 32.1. The molecule has 2 N–H and O–H groups in total. The van der Waals surface area contributed by atoms with Crippen molar-refractivity contribution in [2.24, 2.45) is 5.92 Å². The molecule has 116 valence electrons. The zero-order valence-electron chi connectivity index (χ0n) is 13.3. The number of carbonyl (C=O) groups is 1. The minimum atomic E-state index is -0.0535. The van der Waals surface area contributed by atoms with Crippen LogP contribution in [0.4, 0.5) is 11.4 Å². The minimum Gasteiger partial charge on any atom is -0.372 e. The first-order chi connectivity index (χ1) is 9.96. The lowest BCUT2D eigenvalue weighted by Gasteiger charge is -2.21. The molecule has 0 saturated heterocycles. The second-order valence-electron chi connectivity index (χ2n) is 5.32. The number of hydrogen-bond donors (Lipinski definition) is 2. The van der Waals surface area contributed by atoms with Crippen molar-refractivity contribution in [2.75, 3.05) is 23.3 Å². The van der Waals surface area contributed by atoms with E-state index in [1.807, 2.05) is 38.1 Å². The van der Waals surface area contributed by atoms with Gasteiger partial charge in [0.15, 0.2) is 5.11 Å². The van der Waals surface area contributed by atoms with Crippen LogP contribution in [-0.2, 0) is 4.79 Å². The molecule has 1 rings (SSSR count). The quantitative estimate of drug-likeness (QED) is 0.791. The molecular weight excluding hydrogens is 282 g/mol. The van der Waals surface area contributed by atoms with E-state index in [9.17, 15) is 4.79 Å². The van der Waals surface area contributed by atoms with Crippen molar-refractivity contribution >= 4 is 34.6 Å². The summed E-state index contributed by atoms with van der Waals surface area (Å²) in [5.41, 5.74) is 2.06. The van der Waals surface area contributed by atoms with Gasteiger partial charge in [0.2, 0.25) is 5.91 Å². The van der Waals surface area contributed by atoms with Crippen molar-refractivity contribution < 1.29 is 4.79 Å². The van der Waals surface area contributed by atoms with Crippen LogP contribution in [0.1, 0.15) is 34.1 Å². The number of thiocarbonyl (C=S) groups is 1. The summed E-state index contributed by atoms with van der Waals surface area (Å²) in [6, 6.07) is 8.03. The zero-order valence-corrected chi connectivity index (χ0v) is 14.1. The SMILES string of the molecule is CCN(CC)c1ccc(NC(=S)NC(=O)CC(C)C)cc1. The average molecular weight is 307 g/mol. The fraction of sp³-hybridized carbons (Fsp3) is 0.500. The number of benzene rings is 1. The first-order valence-corrected chi connectivity index (χ1v) is 7.82. The normalized spacial score (nSPS) is 10.3. The molecule has 0 fully saturated rings. The Hall–Kier alpha value is -1.62. The molecule has 0 bridgehead atoms. The van der Waals surface area contributed by atoms with Gasteiger partial charge in [-0.25, -0.2) is 0 Å². The van der Waals surface area contributed by atoms with Gasteiger partial charge in [-0.15, -0.1) is 0 Å². The largest absolute Gasteiger partial charge is 0.372 e. The molecule has 0 radical (unpaired) electrons. The van der Waals surface area contributed by atoms with Crippen LogP contribution < -0.4 is 15.5 Å². The molecule has 0 aromatic heterocycles. The van der Waals surface area contributed by atoms with E-state index in [0.717, 1.165) is 18.8 Å². The molecule has 0 aliphatic carbocycles. The third-order valence-electron chi connectivity index (χ3n) is 3.10. The lowest BCUT2D eigenvalue weighted by molar-refractivity contribution is -0.120.